The van der Waals surface area contributed by atoms with Crippen molar-refractivity contribution in [3.63, 3.8) is 0 Å². The Morgan fingerprint density at radius 1 is 1.09 bits per heavy atom. The van der Waals surface area contributed by atoms with E-state index in [4.69, 9.17) is 39.9 Å². The zero-order chi connectivity index (χ0) is 23.8. The Kier molecular flexibility index (Phi) is 7.27. The summed E-state index contributed by atoms with van der Waals surface area (Å²) in [5, 5.41) is 9.44. The summed E-state index contributed by atoms with van der Waals surface area (Å²) in [6.07, 6.45) is 8.83. The van der Waals surface area contributed by atoms with Crippen LogP contribution in [0.2, 0.25) is 14.4 Å². The van der Waals surface area contributed by atoms with Crippen molar-refractivity contribution in [3.05, 3.63) is 56.0 Å². The fourth-order valence-electron chi connectivity index (χ4n) is 5.47. The molecule has 0 aliphatic heterocycles. The summed E-state index contributed by atoms with van der Waals surface area (Å²) in [6.45, 7) is 2.16. The molecule has 2 atom stereocenters. The van der Waals surface area contributed by atoms with Gasteiger partial charge in [-0.25, -0.2) is 4.68 Å². The van der Waals surface area contributed by atoms with Gasteiger partial charge in [0.1, 0.15) is 0 Å². The van der Waals surface area contributed by atoms with Gasteiger partial charge < -0.3 is 5.32 Å². The van der Waals surface area contributed by atoms with E-state index in [2.05, 4.69) is 12.2 Å². The first-order valence-electron chi connectivity index (χ1n) is 12.1. The number of fused-ring (bicyclic) bond motifs is 1. The highest BCUT2D eigenvalue weighted by Crippen LogP contribution is 2.43. The summed E-state index contributed by atoms with van der Waals surface area (Å²) in [5.41, 5.74) is 3.68. The predicted octanol–water partition coefficient (Wildman–Crippen LogP) is 8.07. The molecule has 1 amide bonds. The number of aromatic nitrogens is 2. The number of thiophene rings is 1. The zero-order valence-electron chi connectivity index (χ0n) is 19.1. The number of amides is 1. The lowest BCUT2D eigenvalue weighted by molar-refractivity contribution is -0.124. The summed E-state index contributed by atoms with van der Waals surface area (Å²) in [6, 6.07) is 9.50. The first-order valence-corrected chi connectivity index (χ1v) is 14.0. The molecule has 180 valence electrons. The largest absolute Gasteiger partial charge is 0.353 e. The number of hydrogen-bond acceptors (Lipinski definition) is 3. The van der Waals surface area contributed by atoms with Gasteiger partial charge in [0.2, 0.25) is 5.91 Å². The van der Waals surface area contributed by atoms with Gasteiger partial charge in [-0.1, -0.05) is 54.1 Å². The normalized spacial score (nSPS) is 19.6. The molecule has 1 unspecified atom stereocenters. The zero-order valence-corrected chi connectivity index (χ0v) is 22.2. The minimum atomic E-state index is -0.267. The third kappa shape index (κ3) is 4.77. The Morgan fingerprint density at radius 3 is 2.59 bits per heavy atom. The van der Waals surface area contributed by atoms with E-state index >= 15 is 0 Å². The highest BCUT2D eigenvalue weighted by Gasteiger charge is 2.35. The Hall–Kier alpha value is -1.53. The molecule has 0 bridgehead atoms. The fourth-order valence-corrected chi connectivity index (χ4v) is 7.06. The van der Waals surface area contributed by atoms with Gasteiger partial charge in [0.05, 0.1) is 37.2 Å². The second-order valence-electron chi connectivity index (χ2n) is 9.46. The topological polar surface area (TPSA) is 46.9 Å². The standard InChI is InChI=1S/C26H28Cl3N3OS/c1-15(16-6-3-2-4-7-16)30-26(33)19-9-5-8-18-24(19)31-32(21-11-10-17(27)14-20(21)28)25(18)22-12-13-23(29)34-22/h10-16,19H,2-9H2,1H3,(H,30,33)/t15-,19?/m1/s1. The Bertz CT molecular complexity index is 1200. The van der Waals surface area contributed by atoms with Gasteiger partial charge in [-0.05, 0) is 75.3 Å². The van der Waals surface area contributed by atoms with Crippen molar-refractivity contribution >= 4 is 52.0 Å². The molecule has 5 rings (SSSR count). The van der Waals surface area contributed by atoms with Gasteiger partial charge >= 0.3 is 0 Å². The maximum Gasteiger partial charge on any atom is 0.229 e. The Labute approximate surface area is 219 Å². The van der Waals surface area contributed by atoms with Crippen molar-refractivity contribution in [2.45, 2.75) is 70.3 Å². The van der Waals surface area contributed by atoms with E-state index in [1.165, 1.54) is 43.4 Å². The number of halogens is 3. The van der Waals surface area contributed by atoms with E-state index in [0.29, 0.717) is 20.3 Å². The second-order valence-corrected chi connectivity index (χ2v) is 12.0. The second kappa shape index (κ2) is 10.2. The van der Waals surface area contributed by atoms with Gasteiger partial charge in [-0.3, -0.25) is 4.79 Å². The molecular weight excluding hydrogens is 509 g/mol. The Balaban J connectivity index is 1.53. The lowest BCUT2D eigenvalue weighted by Gasteiger charge is -2.30. The molecule has 3 aromatic rings. The average molecular weight is 537 g/mol. The number of carbonyl (C=O) groups is 1. The lowest BCUT2D eigenvalue weighted by Crippen LogP contribution is -2.42. The molecule has 2 aliphatic carbocycles. The van der Waals surface area contributed by atoms with Crippen LogP contribution in [0.15, 0.2) is 30.3 Å². The minimum Gasteiger partial charge on any atom is -0.353 e. The van der Waals surface area contributed by atoms with Crippen LogP contribution in [0.4, 0.5) is 0 Å². The summed E-state index contributed by atoms with van der Waals surface area (Å²) >= 11 is 20.6. The van der Waals surface area contributed by atoms with Crippen molar-refractivity contribution in [1.82, 2.24) is 15.1 Å². The minimum absolute atomic E-state index is 0.0849. The van der Waals surface area contributed by atoms with Crippen molar-refractivity contribution in [2.75, 3.05) is 0 Å². The van der Waals surface area contributed by atoms with E-state index in [1.54, 1.807) is 6.07 Å². The number of hydrogen-bond donors (Lipinski definition) is 1. The molecule has 34 heavy (non-hydrogen) atoms. The number of nitrogens with one attached hydrogen (secondary N) is 1. The number of benzene rings is 1. The fraction of sp³-hybridized carbons (Fsp3) is 0.462. The molecule has 8 heteroatoms. The summed E-state index contributed by atoms with van der Waals surface area (Å²) in [5.74, 6) is 0.382. The van der Waals surface area contributed by atoms with Crippen LogP contribution in [-0.2, 0) is 11.2 Å². The lowest BCUT2D eigenvalue weighted by atomic mass is 9.83. The van der Waals surface area contributed by atoms with Crippen molar-refractivity contribution in [3.8, 4) is 16.3 Å². The first-order chi connectivity index (χ1) is 16.4. The van der Waals surface area contributed by atoms with Crippen molar-refractivity contribution < 1.29 is 4.79 Å². The molecular formula is C26H28Cl3N3OS. The van der Waals surface area contributed by atoms with Gasteiger partial charge in [-0.15, -0.1) is 11.3 Å². The summed E-state index contributed by atoms with van der Waals surface area (Å²) < 4.78 is 2.59. The molecule has 4 nitrogen and oxygen atoms in total. The maximum atomic E-state index is 13.5. The predicted molar refractivity (Wildman–Crippen MR) is 142 cm³/mol. The number of nitrogens with zero attached hydrogens (tertiary/aromatic N) is 2. The molecule has 2 aliphatic rings. The number of carbonyl (C=O) groups excluding carboxylic acids is 1. The Morgan fingerprint density at radius 2 is 1.88 bits per heavy atom. The van der Waals surface area contributed by atoms with Gasteiger partial charge in [0.25, 0.3) is 0 Å². The van der Waals surface area contributed by atoms with Crippen LogP contribution in [0.25, 0.3) is 16.3 Å². The molecule has 1 fully saturated rings. The SMILES string of the molecule is C[C@@H](NC(=O)C1CCCc2c1nn(-c1ccc(Cl)cc1Cl)c2-c1ccc(Cl)s1)C1CCCCC1. The van der Waals surface area contributed by atoms with Gasteiger partial charge in [0, 0.05) is 16.6 Å². The van der Waals surface area contributed by atoms with E-state index < -0.39 is 0 Å². The van der Waals surface area contributed by atoms with Crippen LogP contribution in [-0.4, -0.2) is 21.7 Å². The number of rotatable bonds is 5. The molecule has 1 N–H and O–H groups in total. The van der Waals surface area contributed by atoms with Gasteiger partial charge in [0.15, 0.2) is 0 Å². The van der Waals surface area contributed by atoms with Gasteiger partial charge in [-0.2, -0.15) is 5.10 Å². The molecule has 0 radical (unpaired) electrons. The molecule has 1 aromatic carbocycles. The molecule has 2 aromatic heterocycles. The maximum absolute atomic E-state index is 13.5. The van der Waals surface area contributed by atoms with Crippen LogP contribution in [0.5, 0.6) is 0 Å². The van der Waals surface area contributed by atoms with Crippen molar-refractivity contribution in [1.29, 1.82) is 0 Å². The quantitative estimate of drug-likeness (QED) is 0.358. The monoisotopic (exact) mass is 535 g/mol. The highest BCUT2D eigenvalue weighted by atomic mass is 35.5. The average Bonchev–Trinajstić information content (AvgIpc) is 3.42. The van der Waals surface area contributed by atoms with E-state index in [0.717, 1.165) is 46.8 Å². The third-order valence-electron chi connectivity index (χ3n) is 7.25. The van der Waals surface area contributed by atoms with Crippen LogP contribution in [0.1, 0.15) is 69.0 Å². The summed E-state index contributed by atoms with van der Waals surface area (Å²) in [7, 11) is 0. The van der Waals surface area contributed by atoms with E-state index in [9.17, 15) is 4.79 Å². The van der Waals surface area contributed by atoms with Crippen LogP contribution >= 0.6 is 46.1 Å². The van der Waals surface area contributed by atoms with Crippen LogP contribution in [0.3, 0.4) is 0 Å². The van der Waals surface area contributed by atoms with Crippen LogP contribution in [0, 0.1) is 5.92 Å². The molecule has 2 heterocycles. The highest BCUT2D eigenvalue weighted by molar-refractivity contribution is 7.19. The first kappa shape index (κ1) is 24.2. The van der Waals surface area contributed by atoms with Crippen LogP contribution < -0.4 is 5.32 Å². The summed E-state index contributed by atoms with van der Waals surface area (Å²) in [4.78, 5) is 14.5. The molecule has 0 saturated heterocycles. The van der Waals surface area contributed by atoms with E-state index in [-0.39, 0.29) is 17.9 Å². The molecule has 0 spiro atoms. The van der Waals surface area contributed by atoms with E-state index in [1.807, 2.05) is 28.9 Å². The molecule has 1 saturated carbocycles. The van der Waals surface area contributed by atoms with Crippen molar-refractivity contribution in [2.24, 2.45) is 5.92 Å². The third-order valence-corrected chi connectivity index (χ3v) is 9.03. The smallest absolute Gasteiger partial charge is 0.229 e.